The van der Waals surface area contributed by atoms with Gasteiger partial charge in [0, 0.05) is 28.2 Å². The van der Waals surface area contributed by atoms with E-state index in [0.717, 1.165) is 10.9 Å². The lowest BCUT2D eigenvalue weighted by Crippen LogP contribution is -2.23. The highest BCUT2D eigenvalue weighted by Crippen LogP contribution is 2.29. The zero-order valence-corrected chi connectivity index (χ0v) is 10.1. The molecule has 0 aliphatic carbocycles. The molecule has 0 saturated carbocycles. The van der Waals surface area contributed by atoms with Crippen molar-refractivity contribution in [1.29, 1.82) is 0 Å². The van der Waals surface area contributed by atoms with Crippen LogP contribution < -0.4 is 5.73 Å². The highest BCUT2D eigenvalue weighted by molar-refractivity contribution is 6.35. The van der Waals surface area contributed by atoms with Crippen molar-refractivity contribution in [1.82, 2.24) is 4.57 Å². The van der Waals surface area contributed by atoms with Gasteiger partial charge < -0.3 is 15.4 Å². The van der Waals surface area contributed by atoms with Gasteiger partial charge in [0.25, 0.3) is 0 Å². The minimum Gasteiger partial charge on any atom is -0.480 e. The van der Waals surface area contributed by atoms with E-state index >= 15 is 0 Å². The van der Waals surface area contributed by atoms with Crippen molar-refractivity contribution < 1.29 is 9.90 Å². The Balaban J connectivity index is 2.72. The summed E-state index contributed by atoms with van der Waals surface area (Å²) in [7, 11) is 0. The third-order valence-corrected chi connectivity index (χ3v) is 3.16. The number of hydrogen-bond acceptors (Lipinski definition) is 2. The van der Waals surface area contributed by atoms with Gasteiger partial charge >= 0.3 is 5.97 Å². The summed E-state index contributed by atoms with van der Waals surface area (Å²) < 4.78 is 1.88. The number of nitrogens with two attached hydrogens (primary N) is 1. The summed E-state index contributed by atoms with van der Waals surface area (Å²) in [5, 5.41) is 10.4. The van der Waals surface area contributed by atoms with Crippen molar-refractivity contribution in [3.05, 3.63) is 35.0 Å². The van der Waals surface area contributed by atoms with Crippen LogP contribution in [0.15, 0.2) is 24.3 Å². The molecule has 1 heterocycles. The van der Waals surface area contributed by atoms with Gasteiger partial charge in [0.05, 0.1) is 0 Å². The quantitative estimate of drug-likeness (QED) is 0.881. The third-order valence-electron chi connectivity index (χ3n) is 2.83. The van der Waals surface area contributed by atoms with Crippen molar-refractivity contribution in [3.8, 4) is 0 Å². The number of benzene rings is 1. The number of halogens is 1. The molecular weight excluding hydrogens is 240 g/mol. The van der Waals surface area contributed by atoms with Crippen LogP contribution in [-0.4, -0.2) is 15.6 Å². The van der Waals surface area contributed by atoms with Crippen molar-refractivity contribution in [3.63, 3.8) is 0 Å². The largest absolute Gasteiger partial charge is 0.480 e. The highest BCUT2D eigenvalue weighted by Gasteiger charge is 2.20. The SMILES string of the molecule is CCn1c(C(N)C(=O)O)cc2c(Cl)cccc21. The van der Waals surface area contributed by atoms with E-state index in [1.165, 1.54) is 0 Å². The first-order valence-corrected chi connectivity index (χ1v) is 5.70. The number of carboxylic acid groups (broad SMARTS) is 1. The van der Waals surface area contributed by atoms with Gasteiger partial charge in [0.15, 0.2) is 0 Å². The Morgan fingerprint density at radius 1 is 1.59 bits per heavy atom. The number of fused-ring (bicyclic) bond motifs is 1. The fraction of sp³-hybridized carbons (Fsp3) is 0.250. The lowest BCUT2D eigenvalue weighted by Gasteiger charge is -2.11. The molecule has 3 N–H and O–H groups in total. The Bertz CT molecular complexity index is 577. The van der Waals surface area contributed by atoms with E-state index in [0.29, 0.717) is 17.3 Å². The first kappa shape index (κ1) is 12.0. The number of aromatic nitrogens is 1. The van der Waals surface area contributed by atoms with Crippen LogP contribution >= 0.6 is 11.6 Å². The van der Waals surface area contributed by atoms with Gasteiger partial charge in [-0.2, -0.15) is 0 Å². The first-order valence-electron chi connectivity index (χ1n) is 5.32. The highest BCUT2D eigenvalue weighted by atomic mass is 35.5. The molecule has 17 heavy (non-hydrogen) atoms. The normalized spacial score (nSPS) is 12.9. The lowest BCUT2D eigenvalue weighted by atomic mass is 10.2. The molecule has 2 rings (SSSR count). The molecule has 0 spiro atoms. The second kappa shape index (κ2) is 4.39. The molecule has 0 aliphatic rings. The van der Waals surface area contributed by atoms with E-state index in [9.17, 15) is 4.79 Å². The smallest absolute Gasteiger partial charge is 0.326 e. The van der Waals surface area contributed by atoms with Crippen LogP contribution in [0.3, 0.4) is 0 Å². The molecule has 0 bridgehead atoms. The number of carbonyl (C=O) groups is 1. The molecule has 90 valence electrons. The van der Waals surface area contributed by atoms with Crippen molar-refractivity contribution in [2.45, 2.75) is 19.5 Å². The van der Waals surface area contributed by atoms with Crippen LogP contribution in [-0.2, 0) is 11.3 Å². The molecule has 0 saturated heterocycles. The number of rotatable bonds is 3. The zero-order chi connectivity index (χ0) is 12.6. The van der Waals surface area contributed by atoms with E-state index in [2.05, 4.69) is 0 Å². The van der Waals surface area contributed by atoms with E-state index in [-0.39, 0.29) is 0 Å². The summed E-state index contributed by atoms with van der Waals surface area (Å²) in [5.74, 6) is -1.04. The van der Waals surface area contributed by atoms with Gasteiger partial charge in [-0.05, 0) is 25.1 Å². The molecule has 5 heteroatoms. The minimum absolute atomic E-state index is 0.572. The van der Waals surface area contributed by atoms with Crippen molar-refractivity contribution in [2.75, 3.05) is 0 Å². The van der Waals surface area contributed by atoms with Crippen LogP contribution in [0.2, 0.25) is 5.02 Å². The van der Waals surface area contributed by atoms with Gasteiger partial charge in [-0.25, -0.2) is 0 Å². The fourth-order valence-corrected chi connectivity index (χ4v) is 2.23. The maximum atomic E-state index is 11.0. The van der Waals surface area contributed by atoms with Crippen LogP contribution in [0.1, 0.15) is 18.7 Å². The van der Waals surface area contributed by atoms with Gasteiger partial charge in [0.1, 0.15) is 6.04 Å². The van der Waals surface area contributed by atoms with Crippen molar-refractivity contribution in [2.24, 2.45) is 5.73 Å². The van der Waals surface area contributed by atoms with Gasteiger partial charge in [-0.3, -0.25) is 4.79 Å². The van der Waals surface area contributed by atoms with E-state index in [1.807, 2.05) is 23.6 Å². The molecule has 0 fully saturated rings. The van der Waals surface area contributed by atoms with Gasteiger partial charge in [-0.1, -0.05) is 17.7 Å². The average molecular weight is 253 g/mol. The second-order valence-corrected chi connectivity index (χ2v) is 4.21. The Morgan fingerprint density at radius 2 is 2.29 bits per heavy atom. The van der Waals surface area contributed by atoms with Crippen LogP contribution in [0, 0.1) is 0 Å². The van der Waals surface area contributed by atoms with Gasteiger partial charge in [-0.15, -0.1) is 0 Å². The second-order valence-electron chi connectivity index (χ2n) is 3.80. The topological polar surface area (TPSA) is 68.2 Å². The Hall–Kier alpha value is -1.52. The van der Waals surface area contributed by atoms with E-state index in [1.54, 1.807) is 12.1 Å². The number of carboxylic acids is 1. The molecule has 1 aromatic heterocycles. The molecule has 0 radical (unpaired) electrons. The monoisotopic (exact) mass is 252 g/mol. The Kier molecular flexibility index (Phi) is 3.09. The van der Waals surface area contributed by atoms with Crippen LogP contribution in [0.25, 0.3) is 10.9 Å². The maximum absolute atomic E-state index is 11.0. The zero-order valence-electron chi connectivity index (χ0n) is 9.35. The molecule has 2 aromatic rings. The minimum atomic E-state index is -1.04. The molecule has 1 atom stereocenters. The van der Waals surface area contributed by atoms with Crippen LogP contribution in [0.4, 0.5) is 0 Å². The lowest BCUT2D eigenvalue weighted by molar-refractivity contribution is -0.138. The molecule has 1 unspecified atom stereocenters. The van der Waals surface area contributed by atoms with Crippen molar-refractivity contribution >= 4 is 28.5 Å². The fourth-order valence-electron chi connectivity index (χ4n) is 2.01. The predicted molar refractivity (Wildman–Crippen MR) is 67.2 cm³/mol. The summed E-state index contributed by atoms with van der Waals surface area (Å²) >= 11 is 6.08. The maximum Gasteiger partial charge on any atom is 0.326 e. The average Bonchev–Trinajstić information content (AvgIpc) is 2.67. The molecule has 1 aromatic carbocycles. The van der Waals surface area contributed by atoms with E-state index < -0.39 is 12.0 Å². The number of aliphatic carboxylic acids is 1. The molecule has 0 aliphatic heterocycles. The first-order chi connectivity index (χ1) is 8.06. The third kappa shape index (κ3) is 1.90. The van der Waals surface area contributed by atoms with Crippen LogP contribution in [0.5, 0.6) is 0 Å². The predicted octanol–water partition coefficient (Wildman–Crippen LogP) is 2.40. The summed E-state index contributed by atoms with van der Waals surface area (Å²) in [6, 6.07) is 6.24. The molecule has 0 amide bonds. The summed E-state index contributed by atoms with van der Waals surface area (Å²) in [6.07, 6.45) is 0. The standard InChI is InChI=1S/C12H13ClN2O2/c1-2-15-9-5-3-4-8(13)7(9)6-10(15)11(14)12(16)17/h3-6,11H,2,14H2,1H3,(H,16,17). The summed E-state index contributed by atoms with van der Waals surface area (Å²) in [5.41, 5.74) is 7.15. The molecule has 4 nitrogen and oxygen atoms in total. The Morgan fingerprint density at radius 3 is 2.88 bits per heavy atom. The number of aryl methyl sites for hydroxylation is 1. The summed E-state index contributed by atoms with van der Waals surface area (Å²) in [6.45, 7) is 2.60. The van der Waals surface area contributed by atoms with Gasteiger partial charge in [0.2, 0.25) is 0 Å². The number of hydrogen-bond donors (Lipinski definition) is 2. The summed E-state index contributed by atoms with van der Waals surface area (Å²) in [4.78, 5) is 11.0. The Labute approximate surface area is 104 Å². The molecular formula is C12H13ClN2O2. The number of nitrogens with zero attached hydrogens (tertiary/aromatic N) is 1. The van der Waals surface area contributed by atoms with E-state index in [4.69, 9.17) is 22.4 Å².